The van der Waals surface area contributed by atoms with Crippen LogP contribution >= 0.6 is 11.8 Å². The molecule has 2 N–H and O–H groups in total. The van der Waals surface area contributed by atoms with E-state index in [4.69, 9.17) is 5.11 Å². The molecule has 88 valence electrons. The number of hydrogen-bond donors (Lipinski definition) is 2. The average Bonchev–Trinajstić information content (AvgIpc) is 2.27. The molecule has 0 aromatic carbocycles. The first kappa shape index (κ1) is 12.8. The lowest BCUT2D eigenvalue weighted by atomic mass is 10.2. The number of thioether (sulfide) groups is 1. The summed E-state index contributed by atoms with van der Waals surface area (Å²) in [5, 5.41) is 11.9. The Hall–Kier alpha value is -1.23. The molecule has 0 aliphatic rings. The minimum Gasteiger partial charge on any atom is -0.478 e. The zero-order valence-corrected chi connectivity index (χ0v) is 10.3. The number of aromatic nitrogens is 1. The van der Waals surface area contributed by atoms with Crippen LogP contribution in [-0.2, 0) is 0 Å². The minimum atomic E-state index is -0.949. The van der Waals surface area contributed by atoms with Gasteiger partial charge >= 0.3 is 5.97 Å². The van der Waals surface area contributed by atoms with Crippen molar-refractivity contribution < 1.29 is 9.90 Å². The lowest BCUT2D eigenvalue weighted by molar-refractivity contribution is 0.0696. The molecule has 0 saturated heterocycles. The van der Waals surface area contributed by atoms with Gasteiger partial charge in [-0.2, -0.15) is 11.8 Å². The summed E-state index contributed by atoms with van der Waals surface area (Å²) in [6.07, 6.45) is 3.44. The summed E-state index contributed by atoms with van der Waals surface area (Å²) in [5.74, 6) is 1.43. The number of rotatable bonds is 6. The van der Waals surface area contributed by atoms with Crippen molar-refractivity contribution >= 4 is 23.5 Å². The Morgan fingerprint density at radius 1 is 1.62 bits per heavy atom. The number of hydrogen-bond acceptors (Lipinski definition) is 4. The molecule has 1 rings (SSSR count). The lowest BCUT2D eigenvalue weighted by Gasteiger charge is -2.11. The highest BCUT2D eigenvalue weighted by atomic mass is 32.2. The van der Waals surface area contributed by atoms with Crippen LogP contribution in [0.5, 0.6) is 0 Å². The van der Waals surface area contributed by atoms with Crippen molar-refractivity contribution in [2.45, 2.75) is 6.92 Å². The van der Waals surface area contributed by atoms with Crippen LogP contribution in [0.4, 0.5) is 5.82 Å². The number of nitrogens with one attached hydrogen (secondary N) is 1. The largest absolute Gasteiger partial charge is 0.478 e. The SMILES string of the molecule is CSCC(C)CNc1ccc(C(=O)O)cn1. The fourth-order valence-corrected chi connectivity index (χ4v) is 1.93. The highest BCUT2D eigenvalue weighted by Gasteiger charge is 2.04. The van der Waals surface area contributed by atoms with Gasteiger partial charge in [0, 0.05) is 12.7 Å². The van der Waals surface area contributed by atoms with E-state index in [1.165, 1.54) is 6.20 Å². The third kappa shape index (κ3) is 4.10. The maximum absolute atomic E-state index is 10.6. The van der Waals surface area contributed by atoms with Gasteiger partial charge in [-0.1, -0.05) is 6.92 Å². The molecule has 5 heteroatoms. The molecule has 0 aliphatic heterocycles. The Labute approximate surface area is 99.5 Å². The van der Waals surface area contributed by atoms with Crippen LogP contribution in [0.2, 0.25) is 0 Å². The molecular formula is C11H16N2O2S. The predicted molar refractivity (Wildman–Crippen MR) is 67.2 cm³/mol. The van der Waals surface area contributed by atoms with E-state index in [1.807, 2.05) is 11.8 Å². The zero-order chi connectivity index (χ0) is 12.0. The Bertz CT molecular complexity index is 340. The van der Waals surface area contributed by atoms with Gasteiger partial charge in [-0.15, -0.1) is 0 Å². The molecule has 1 unspecified atom stereocenters. The molecule has 0 aliphatic carbocycles. The molecule has 4 nitrogen and oxygen atoms in total. The van der Waals surface area contributed by atoms with Gasteiger partial charge in [0.1, 0.15) is 5.82 Å². The maximum Gasteiger partial charge on any atom is 0.337 e. The molecule has 0 bridgehead atoms. The summed E-state index contributed by atoms with van der Waals surface area (Å²) in [4.78, 5) is 14.6. The van der Waals surface area contributed by atoms with Crippen molar-refractivity contribution in [3.63, 3.8) is 0 Å². The van der Waals surface area contributed by atoms with E-state index in [2.05, 4.69) is 23.5 Å². The number of carboxylic acid groups (broad SMARTS) is 1. The quantitative estimate of drug-likeness (QED) is 0.798. The van der Waals surface area contributed by atoms with Crippen molar-refractivity contribution in [1.82, 2.24) is 4.98 Å². The Kier molecular flexibility index (Phi) is 5.11. The lowest BCUT2D eigenvalue weighted by Crippen LogP contribution is -2.14. The van der Waals surface area contributed by atoms with Crippen LogP contribution in [0.25, 0.3) is 0 Å². The van der Waals surface area contributed by atoms with E-state index in [1.54, 1.807) is 12.1 Å². The fourth-order valence-electron chi connectivity index (χ4n) is 1.25. The second kappa shape index (κ2) is 6.37. The van der Waals surface area contributed by atoms with Crippen molar-refractivity contribution in [3.8, 4) is 0 Å². The van der Waals surface area contributed by atoms with E-state index in [-0.39, 0.29) is 5.56 Å². The van der Waals surface area contributed by atoms with Crippen molar-refractivity contribution in [1.29, 1.82) is 0 Å². The standard InChI is InChI=1S/C11H16N2O2S/c1-8(7-16-2)5-12-10-4-3-9(6-13-10)11(14)15/h3-4,6,8H,5,7H2,1-2H3,(H,12,13)(H,14,15). The molecule has 0 spiro atoms. The number of carboxylic acids is 1. The number of anilines is 1. The van der Waals surface area contributed by atoms with Gasteiger partial charge in [0.25, 0.3) is 0 Å². The van der Waals surface area contributed by atoms with Gasteiger partial charge in [-0.25, -0.2) is 9.78 Å². The number of carbonyl (C=O) groups is 1. The molecule has 1 atom stereocenters. The summed E-state index contributed by atoms with van der Waals surface area (Å²) in [6.45, 7) is 3.01. The highest BCUT2D eigenvalue weighted by Crippen LogP contribution is 2.08. The van der Waals surface area contributed by atoms with Crippen LogP contribution in [-0.4, -0.2) is 34.6 Å². The summed E-state index contributed by atoms with van der Waals surface area (Å²) < 4.78 is 0. The summed E-state index contributed by atoms with van der Waals surface area (Å²) in [7, 11) is 0. The monoisotopic (exact) mass is 240 g/mol. The van der Waals surface area contributed by atoms with Gasteiger partial charge < -0.3 is 10.4 Å². The van der Waals surface area contributed by atoms with E-state index in [9.17, 15) is 4.79 Å². The number of nitrogens with zero attached hydrogens (tertiary/aromatic N) is 1. The average molecular weight is 240 g/mol. The molecule has 1 aromatic rings. The molecule has 0 saturated carbocycles. The third-order valence-electron chi connectivity index (χ3n) is 2.09. The van der Waals surface area contributed by atoms with Crippen molar-refractivity contribution in [3.05, 3.63) is 23.9 Å². The Morgan fingerprint density at radius 3 is 2.88 bits per heavy atom. The first-order valence-corrected chi connectivity index (χ1v) is 6.45. The van der Waals surface area contributed by atoms with Crippen molar-refractivity contribution in [2.75, 3.05) is 23.9 Å². The van der Waals surface area contributed by atoms with Crippen LogP contribution in [0.15, 0.2) is 18.3 Å². The predicted octanol–water partition coefficient (Wildman–Crippen LogP) is 2.19. The molecule has 16 heavy (non-hydrogen) atoms. The van der Waals surface area contributed by atoms with Gasteiger partial charge in [0.05, 0.1) is 5.56 Å². The number of pyridine rings is 1. The van der Waals surface area contributed by atoms with E-state index in [0.717, 1.165) is 18.1 Å². The zero-order valence-electron chi connectivity index (χ0n) is 9.43. The maximum atomic E-state index is 10.6. The Morgan fingerprint density at radius 2 is 2.38 bits per heavy atom. The van der Waals surface area contributed by atoms with E-state index < -0.39 is 5.97 Å². The Balaban J connectivity index is 2.46. The van der Waals surface area contributed by atoms with Gasteiger partial charge in [0.2, 0.25) is 0 Å². The van der Waals surface area contributed by atoms with Crippen LogP contribution in [0.3, 0.4) is 0 Å². The minimum absolute atomic E-state index is 0.211. The molecule has 0 radical (unpaired) electrons. The van der Waals surface area contributed by atoms with Crippen LogP contribution < -0.4 is 5.32 Å². The molecule has 0 amide bonds. The summed E-state index contributed by atoms with van der Waals surface area (Å²) in [5.41, 5.74) is 0.211. The summed E-state index contributed by atoms with van der Waals surface area (Å²) in [6, 6.07) is 3.24. The molecule has 1 heterocycles. The number of aromatic carboxylic acids is 1. The smallest absolute Gasteiger partial charge is 0.337 e. The van der Waals surface area contributed by atoms with E-state index in [0.29, 0.717) is 5.92 Å². The molecule has 1 aromatic heterocycles. The molecular weight excluding hydrogens is 224 g/mol. The first-order valence-electron chi connectivity index (χ1n) is 5.05. The normalized spacial score (nSPS) is 12.1. The van der Waals surface area contributed by atoms with Crippen LogP contribution in [0.1, 0.15) is 17.3 Å². The van der Waals surface area contributed by atoms with E-state index >= 15 is 0 Å². The van der Waals surface area contributed by atoms with Gasteiger partial charge in [-0.05, 0) is 30.1 Å². The molecule has 0 fully saturated rings. The summed E-state index contributed by atoms with van der Waals surface area (Å²) >= 11 is 1.81. The highest BCUT2D eigenvalue weighted by molar-refractivity contribution is 7.98. The second-order valence-corrected chi connectivity index (χ2v) is 4.59. The fraction of sp³-hybridized carbons (Fsp3) is 0.455. The van der Waals surface area contributed by atoms with Crippen molar-refractivity contribution in [2.24, 2.45) is 5.92 Å². The third-order valence-corrected chi connectivity index (χ3v) is 3.00. The van der Waals surface area contributed by atoms with Gasteiger partial charge in [0.15, 0.2) is 0 Å². The van der Waals surface area contributed by atoms with Crippen LogP contribution in [0, 0.1) is 5.92 Å². The van der Waals surface area contributed by atoms with Gasteiger partial charge in [-0.3, -0.25) is 0 Å². The second-order valence-electron chi connectivity index (χ2n) is 3.68. The first-order chi connectivity index (χ1) is 7.63. The topological polar surface area (TPSA) is 62.2 Å².